The molecular weight excluding hydrogens is 380 g/mol. The molecule has 1 unspecified atom stereocenters. The standard InChI is InChI=1S/C23H32N4O3/c1-23(22(29)24-17-10-6-4-3-5-7-11-17)16-26-19-13-9-8-12-18(19)25-20(26)21(28)27(23)14-15-30-2/h8-9,12-13,17H,3-7,10-11,14-16H2,1-2H3,(H,24,29). The number of methoxy groups -OCH3 is 1. The number of ether oxygens (including phenoxy) is 1. The number of benzene rings is 1. The van der Waals surface area contributed by atoms with Gasteiger partial charge in [-0.15, -0.1) is 0 Å². The summed E-state index contributed by atoms with van der Waals surface area (Å²) >= 11 is 0. The summed E-state index contributed by atoms with van der Waals surface area (Å²) in [7, 11) is 1.61. The Morgan fingerprint density at radius 2 is 1.90 bits per heavy atom. The zero-order chi connectivity index (χ0) is 21.1. The maximum atomic E-state index is 13.6. The van der Waals surface area contributed by atoms with E-state index in [4.69, 9.17) is 4.74 Å². The van der Waals surface area contributed by atoms with Gasteiger partial charge in [-0.3, -0.25) is 9.59 Å². The molecule has 7 heteroatoms. The van der Waals surface area contributed by atoms with E-state index in [-0.39, 0.29) is 17.9 Å². The van der Waals surface area contributed by atoms with E-state index in [9.17, 15) is 9.59 Å². The van der Waals surface area contributed by atoms with Crippen LogP contribution in [0.4, 0.5) is 0 Å². The number of hydrogen-bond acceptors (Lipinski definition) is 4. The monoisotopic (exact) mass is 412 g/mol. The minimum atomic E-state index is -0.992. The Morgan fingerprint density at radius 1 is 1.20 bits per heavy atom. The lowest BCUT2D eigenvalue weighted by atomic mass is 9.92. The molecule has 1 N–H and O–H groups in total. The lowest BCUT2D eigenvalue weighted by Crippen LogP contribution is -2.65. The highest BCUT2D eigenvalue weighted by molar-refractivity contribution is 6.01. The van der Waals surface area contributed by atoms with Gasteiger partial charge in [0.1, 0.15) is 5.54 Å². The van der Waals surface area contributed by atoms with E-state index in [0.717, 1.165) is 36.7 Å². The van der Waals surface area contributed by atoms with Crippen LogP contribution in [0.5, 0.6) is 0 Å². The second-order valence-electron chi connectivity index (χ2n) is 8.75. The minimum Gasteiger partial charge on any atom is -0.383 e. The van der Waals surface area contributed by atoms with Crippen LogP contribution in [0.2, 0.25) is 0 Å². The van der Waals surface area contributed by atoms with Crippen molar-refractivity contribution in [3.05, 3.63) is 30.1 Å². The molecule has 162 valence electrons. The van der Waals surface area contributed by atoms with E-state index >= 15 is 0 Å². The van der Waals surface area contributed by atoms with Crippen molar-refractivity contribution in [2.24, 2.45) is 0 Å². The number of para-hydroxylation sites is 2. The Balaban J connectivity index is 1.65. The molecule has 0 bridgehead atoms. The van der Waals surface area contributed by atoms with Crippen molar-refractivity contribution in [2.45, 2.75) is 70.0 Å². The largest absolute Gasteiger partial charge is 0.383 e. The van der Waals surface area contributed by atoms with Gasteiger partial charge in [-0.05, 0) is 31.9 Å². The number of nitrogens with zero attached hydrogens (tertiary/aromatic N) is 3. The van der Waals surface area contributed by atoms with Gasteiger partial charge in [0.25, 0.3) is 5.91 Å². The predicted octanol–water partition coefficient (Wildman–Crippen LogP) is 3.13. The summed E-state index contributed by atoms with van der Waals surface area (Å²) in [5.74, 6) is 0.0920. The Morgan fingerprint density at radius 3 is 2.63 bits per heavy atom. The number of carbonyl (C=O) groups excluding carboxylic acids is 2. The van der Waals surface area contributed by atoms with Crippen molar-refractivity contribution in [1.29, 1.82) is 0 Å². The summed E-state index contributed by atoms with van der Waals surface area (Å²) < 4.78 is 7.14. The number of imidazole rings is 1. The third kappa shape index (κ3) is 3.83. The van der Waals surface area contributed by atoms with Gasteiger partial charge in [-0.1, -0.05) is 44.2 Å². The summed E-state index contributed by atoms with van der Waals surface area (Å²) in [6, 6.07) is 7.88. The molecule has 1 aromatic heterocycles. The lowest BCUT2D eigenvalue weighted by molar-refractivity contribution is -0.134. The molecule has 0 spiro atoms. The maximum Gasteiger partial charge on any atom is 0.290 e. The third-order valence-corrected chi connectivity index (χ3v) is 6.60. The van der Waals surface area contributed by atoms with Gasteiger partial charge in [0.05, 0.1) is 24.2 Å². The van der Waals surface area contributed by atoms with E-state index in [1.54, 1.807) is 12.0 Å². The molecular formula is C23H32N4O3. The molecule has 1 fully saturated rings. The van der Waals surface area contributed by atoms with Crippen LogP contribution >= 0.6 is 0 Å². The Hall–Kier alpha value is -2.41. The van der Waals surface area contributed by atoms with Crippen molar-refractivity contribution in [1.82, 2.24) is 19.8 Å². The van der Waals surface area contributed by atoms with Crippen LogP contribution in [-0.2, 0) is 16.1 Å². The van der Waals surface area contributed by atoms with E-state index < -0.39 is 5.54 Å². The van der Waals surface area contributed by atoms with Gasteiger partial charge in [-0.25, -0.2) is 4.98 Å². The Bertz CT molecular complexity index is 916. The molecule has 4 rings (SSSR count). The van der Waals surface area contributed by atoms with Gasteiger partial charge < -0.3 is 19.5 Å². The van der Waals surface area contributed by atoms with Gasteiger partial charge in [0, 0.05) is 19.7 Å². The van der Waals surface area contributed by atoms with Crippen molar-refractivity contribution in [3.63, 3.8) is 0 Å². The topological polar surface area (TPSA) is 76.5 Å². The average molecular weight is 413 g/mol. The van der Waals surface area contributed by atoms with Crippen LogP contribution in [0.1, 0.15) is 62.5 Å². The number of amides is 2. The summed E-state index contributed by atoms with van der Waals surface area (Å²) in [5, 5.41) is 3.29. The van der Waals surface area contributed by atoms with Crippen LogP contribution in [0.3, 0.4) is 0 Å². The van der Waals surface area contributed by atoms with Crippen molar-refractivity contribution < 1.29 is 14.3 Å². The van der Waals surface area contributed by atoms with Crippen molar-refractivity contribution in [2.75, 3.05) is 20.3 Å². The highest BCUT2D eigenvalue weighted by Gasteiger charge is 2.48. The van der Waals surface area contributed by atoms with Crippen LogP contribution in [0.25, 0.3) is 11.0 Å². The molecule has 2 amide bonds. The average Bonchev–Trinajstić information content (AvgIpc) is 3.08. The first-order valence-corrected chi connectivity index (χ1v) is 11.1. The number of carbonyl (C=O) groups is 2. The molecule has 1 aromatic carbocycles. The molecule has 1 saturated carbocycles. The highest BCUT2D eigenvalue weighted by atomic mass is 16.5. The third-order valence-electron chi connectivity index (χ3n) is 6.60. The van der Waals surface area contributed by atoms with Crippen LogP contribution in [-0.4, -0.2) is 58.1 Å². The lowest BCUT2D eigenvalue weighted by Gasteiger charge is -2.44. The van der Waals surface area contributed by atoms with Gasteiger partial charge >= 0.3 is 0 Å². The fourth-order valence-corrected chi connectivity index (χ4v) is 4.80. The number of rotatable bonds is 5. The second kappa shape index (κ2) is 8.76. The van der Waals surface area contributed by atoms with Crippen LogP contribution < -0.4 is 5.32 Å². The van der Waals surface area contributed by atoms with Crippen LogP contribution in [0.15, 0.2) is 24.3 Å². The molecule has 2 aliphatic rings. The van der Waals surface area contributed by atoms with Crippen LogP contribution in [0, 0.1) is 0 Å². The first-order valence-electron chi connectivity index (χ1n) is 11.1. The normalized spacial score (nSPS) is 23.1. The number of aromatic nitrogens is 2. The smallest absolute Gasteiger partial charge is 0.290 e. The minimum absolute atomic E-state index is 0.0824. The molecule has 2 aromatic rings. The fraction of sp³-hybridized carbons (Fsp3) is 0.609. The van der Waals surface area contributed by atoms with Gasteiger partial charge in [0.2, 0.25) is 5.91 Å². The van der Waals surface area contributed by atoms with E-state index in [0.29, 0.717) is 25.5 Å². The fourth-order valence-electron chi connectivity index (χ4n) is 4.80. The van der Waals surface area contributed by atoms with E-state index in [2.05, 4.69) is 10.3 Å². The quantitative estimate of drug-likeness (QED) is 0.819. The molecule has 1 aliphatic heterocycles. The SMILES string of the molecule is COCCN1C(=O)c2nc3ccccc3n2CC1(C)C(=O)NC1CCCCCCC1. The molecule has 2 heterocycles. The number of nitrogens with one attached hydrogen (secondary N) is 1. The summed E-state index contributed by atoms with van der Waals surface area (Å²) in [6.45, 7) is 2.98. The Kier molecular flexibility index (Phi) is 6.09. The van der Waals surface area contributed by atoms with Crippen molar-refractivity contribution >= 4 is 22.8 Å². The number of fused-ring (bicyclic) bond motifs is 3. The Labute approximate surface area is 177 Å². The second-order valence-corrected chi connectivity index (χ2v) is 8.75. The zero-order valence-corrected chi connectivity index (χ0v) is 18.0. The van der Waals surface area contributed by atoms with E-state index in [1.165, 1.54) is 19.3 Å². The summed E-state index contributed by atoms with van der Waals surface area (Å²) in [6.07, 6.45) is 8.04. The molecule has 0 radical (unpaired) electrons. The maximum absolute atomic E-state index is 13.6. The highest BCUT2D eigenvalue weighted by Crippen LogP contribution is 2.31. The molecule has 30 heavy (non-hydrogen) atoms. The molecule has 0 saturated heterocycles. The van der Waals surface area contributed by atoms with E-state index in [1.807, 2.05) is 35.8 Å². The predicted molar refractivity (Wildman–Crippen MR) is 115 cm³/mol. The summed E-state index contributed by atoms with van der Waals surface area (Å²) in [5.41, 5.74) is 0.670. The number of hydrogen-bond donors (Lipinski definition) is 1. The van der Waals surface area contributed by atoms with Gasteiger partial charge in [0.15, 0.2) is 5.82 Å². The molecule has 1 atom stereocenters. The van der Waals surface area contributed by atoms with Gasteiger partial charge in [-0.2, -0.15) is 0 Å². The molecule has 7 nitrogen and oxygen atoms in total. The first kappa shape index (κ1) is 20.8. The first-order chi connectivity index (χ1) is 14.5. The summed E-state index contributed by atoms with van der Waals surface area (Å²) in [4.78, 5) is 33.2. The molecule has 1 aliphatic carbocycles. The zero-order valence-electron chi connectivity index (χ0n) is 18.0. The van der Waals surface area contributed by atoms with Crippen molar-refractivity contribution in [3.8, 4) is 0 Å².